The molecule has 0 aromatic carbocycles. The van der Waals surface area contributed by atoms with Gasteiger partial charge in [-0.2, -0.15) is 0 Å². The van der Waals surface area contributed by atoms with Gasteiger partial charge in [0.05, 0.1) is 14.2 Å². The van der Waals surface area contributed by atoms with E-state index in [9.17, 15) is 19.2 Å². The zero-order chi connectivity index (χ0) is 16.6. The molecule has 1 atom stereocenters. The van der Waals surface area contributed by atoms with Gasteiger partial charge in [-0.05, 0) is 5.92 Å². The number of carbonyl (C=O) groups excluding carboxylic acids is 3. The van der Waals surface area contributed by atoms with Gasteiger partial charge in [-0.15, -0.1) is 0 Å². The van der Waals surface area contributed by atoms with Crippen molar-refractivity contribution in [3.05, 3.63) is 0 Å². The minimum Gasteiger partial charge on any atom is -0.480 e. The van der Waals surface area contributed by atoms with E-state index < -0.39 is 43.1 Å². The summed E-state index contributed by atoms with van der Waals surface area (Å²) in [7, 11) is 2.26. The van der Waals surface area contributed by atoms with E-state index in [1.54, 1.807) is 13.8 Å². The molecule has 120 valence electrons. The number of hydrogen-bond donors (Lipinski definition) is 2. The second kappa shape index (κ2) is 8.77. The molecule has 0 aromatic rings. The first-order valence-electron chi connectivity index (χ1n) is 6.14. The number of carboxylic acid groups (broad SMARTS) is 1. The van der Waals surface area contributed by atoms with Crippen LogP contribution in [0.2, 0.25) is 0 Å². The highest BCUT2D eigenvalue weighted by Gasteiger charge is 2.28. The Hall–Kier alpha value is -2.32. The number of nitrogens with zero attached hydrogens (tertiary/aromatic N) is 1. The van der Waals surface area contributed by atoms with Crippen LogP contribution in [0.15, 0.2) is 0 Å². The number of aliphatic carboxylic acids is 1. The largest absolute Gasteiger partial charge is 0.480 e. The molecule has 0 aromatic heterocycles. The Morgan fingerprint density at radius 2 is 1.48 bits per heavy atom. The van der Waals surface area contributed by atoms with Crippen molar-refractivity contribution in [3.8, 4) is 0 Å². The Morgan fingerprint density at radius 1 is 1.05 bits per heavy atom. The molecule has 1 unspecified atom stereocenters. The molecule has 2 N–H and O–H groups in total. The van der Waals surface area contributed by atoms with E-state index in [1.807, 2.05) is 0 Å². The highest BCUT2D eigenvalue weighted by Crippen LogP contribution is 2.03. The second-order valence-electron chi connectivity index (χ2n) is 4.52. The van der Waals surface area contributed by atoms with Crippen LogP contribution in [0.4, 0.5) is 4.79 Å². The Bertz CT molecular complexity index is 390. The third kappa shape index (κ3) is 6.59. The smallest absolute Gasteiger partial charge is 0.326 e. The number of rotatable bonds is 7. The third-order valence-corrected chi connectivity index (χ3v) is 2.59. The number of nitrogens with one attached hydrogen (secondary N) is 1. The van der Waals surface area contributed by atoms with Crippen LogP contribution in [-0.2, 0) is 23.9 Å². The highest BCUT2D eigenvalue weighted by molar-refractivity contribution is 5.87. The molecule has 0 spiro atoms. The number of amides is 2. The van der Waals surface area contributed by atoms with Crippen LogP contribution < -0.4 is 5.32 Å². The Labute approximate surface area is 122 Å². The van der Waals surface area contributed by atoms with Crippen molar-refractivity contribution in [3.63, 3.8) is 0 Å². The zero-order valence-electron chi connectivity index (χ0n) is 12.4. The summed E-state index contributed by atoms with van der Waals surface area (Å²) in [6.45, 7) is 2.23. The fourth-order valence-corrected chi connectivity index (χ4v) is 1.38. The molecule has 0 bridgehead atoms. The predicted molar refractivity (Wildman–Crippen MR) is 70.4 cm³/mol. The van der Waals surface area contributed by atoms with Gasteiger partial charge in [0.1, 0.15) is 19.1 Å². The maximum Gasteiger partial charge on any atom is 0.326 e. The average molecular weight is 304 g/mol. The molecule has 0 aliphatic heterocycles. The van der Waals surface area contributed by atoms with Crippen molar-refractivity contribution in [2.45, 2.75) is 19.9 Å². The van der Waals surface area contributed by atoms with Gasteiger partial charge in [0.2, 0.25) is 0 Å². The number of carbonyl (C=O) groups is 4. The lowest BCUT2D eigenvalue weighted by Gasteiger charge is -2.24. The normalized spacial score (nSPS) is 11.5. The molecule has 9 nitrogen and oxygen atoms in total. The van der Waals surface area contributed by atoms with E-state index in [0.717, 1.165) is 19.1 Å². The summed E-state index contributed by atoms with van der Waals surface area (Å²) in [4.78, 5) is 46.3. The fraction of sp³-hybridized carbons (Fsp3) is 0.667. The standard InChI is InChI=1S/C12H20N2O7/c1-7(2)10(11(17)18)13-12(19)14(5-8(15)20-3)6-9(16)21-4/h7,10H,5-6H2,1-4H3,(H,13,19)(H,17,18). The molecule has 21 heavy (non-hydrogen) atoms. The molecule has 0 aliphatic rings. The quantitative estimate of drug-likeness (QED) is 0.605. The third-order valence-electron chi connectivity index (χ3n) is 2.59. The van der Waals surface area contributed by atoms with Crippen molar-refractivity contribution in [2.75, 3.05) is 27.3 Å². The molecule has 2 amide bonds. The number of esters is 2. The molecular weight excluding hydrogens is 284 g/mol. The maximum absolute atomic E-state index is 12.0. The lowest BCUT2D eigenvalue weighted by Crippen LogP contribution is -2.52. The molecule has 0 saturated carbocycles. The second-order valence-corrected chi connectivity index (χ2v) is 4.52. The van der Waals surface area contributed by atoms with E-state index in [1.165, 1.54) is 0 Å². The number of methoxy groups -OCH3 is 2. The van der Waals surface area contributed by atoms with Crippen LogP contribution in [0.3, 0.4) is 0 Å². The van der Waals surface area contributed by atoms with Crippen LogP contribution in [0.1, 0.15) is 13.8 Å². The molecule has 0 fully saturated rings. The molecule has 0 radical (unpaired) electrons. The van der Waals surface area contributed by atoms with Crippen LogP contribution >= 0.6 is 0 Å². The molecule has 0 rings (SSSR count). The van der Waals surface area contributed by atoms with Crippen molar-refractivity contribution in [2.24, 2.45) is 5.92 Å². The Kier molecular flexibility index (Phi) is 7.80. The topological polar surface area (TPSA) is 122 Å². The monoisotopic (exact) mass is 304 g/mol. The first-order valence-corrected chi connectivity index (χ1v) is 6.14. The summed E-state index contributed by atoms with van der Waals surface area (Å²) >= 11 is 0. The van der Waals surface area contributed by atoms with Crippen LogP contribution in [0.5, 0.6) is 0 Å². The maximum atomic E-state index is 12.0. The molecule has 9 heteroatoms. The Morgan fingerprint density at radius 3 is 1.76 bits per heavy atom. The summed E-state index contributed by atoms with van der Waals surface area (Å²) in [6, 6.07) is -2.01. The van der Waals surface area contributed by atoms with E-state index in [4.69, 9.17) is 5.11 Å². The van der Waals surface area contributed by atoms with E-state index in [2.05, 4.69) is 14.8 Å². The SMILES string of the molecule is COC(=O)CN(CC(=O)OC)C(=O)NC(C(=O)O)C(C)C. The van der Waals surface area contributed by atoms with Crippen molar-refractivity contribution in [1.29, 1.82) is 0 Å². The summed E-state index contributed by atoms with van der Waals surface area (Å²) in [5, 5.41) is 11.3. The summed E-state index contributed by atoms with van der Waals surface area (Å²) in [5.74, 6) is -3.07. The minimum atomic E-state index is -1.21. The molecular formula is C12H20N2O7. The fourth-order valence-electron chi connectivity index (χ4n) is 1.38. The van der Waals surface area contributed by atoms with E-state index in [0.29, 0.717) is 0 Å². The average Bonchev–Trinajstić information content (AvgIpc) is 2.42. The molecule has 0 saturated heterocycles. The van der Waals surface area contributed by atoms with Crippen LogP contribution in [0, 0.1) is 5.92 Å². The molecule has 0 aliphatic carbocycles. The number of carboxylic acids is 1. The van der Waals surface area contributed by atoms with Crippen molar-refractivity contribution in [1.82, 2.24) is 10.2 Å². The van der Waals surface area contributed by atoms with Gasteiger partial charge >= 0.3 is 23.9 Å². The lowest BCUT2D eigenvalue weighted by molar-refractivity contribution is -0.144. The highest BCUT2D eigenvalue weighted by atomic mass is 16.5. The first-order chi connectivity index (χ1) is 9.72. The van der Waals surface area contributed by atoms with E-state index >= 15 is 0 Å². The van der Waals surface area contributed by atoms with Crippen LogP contribution in [-0.4, -0.2) is 67.3 Å². The lowest BCUT2D eigenvalue weighted by atomic mass is 10.1. The molecule has 0 heterocycles. The van der Waals surface area contributed by atoms with E-state index in [-0.39, 0.29) is 5.92 Å². The number of hydrogen-bond acceptors (Lipinski definition) is 6. The van der Waals surface area contributed by atoms with Gasteiger partial charge in [-0.3, -0.25) is 9.59 Å². The van der Waals surface area contributed by atoms with Gasteiger partial charge in [0, 0.05) is 0 Å². The summed E-state index contributed by atoms with van der Waals surface area (Å²) < 4.78 is 8.83. The van der Waals surface area contributed by atoms with Gasteiger partial charge in [-0.25, -0.2) is 9.59 Å². The van der Waals surface area contributed by atoms with Gasteiger partial charge in [-0.1, -0.05) is 13.8 Å². The van der Waals surface area contributed by atoms with Crippen molar-refractivity contribution >= 4 is 23.9 Å². The van der Waals surface area contributed by atoms with Gasteiger partial charge in [0.15, 0.2) is 0 Å². The van der Waals surface area contributed by atoms with Gasteiger partial charge in [0.25, 0.3) is 0 Å². The predicted octanol–water partition coefficient (Wildman–Crippen LogP) is -0.547. The zero-order valence-corrected chi connectivity index (χ0v) is 12.4. The van der Waals surface area contributed by atoms with Gasteiger partial charge < -0.3 is 24.8 Å². The van der Waals surface area contributed by atoms with Crippen LogP contribution in [0.25, 0.3) is 0 Å². The summed E-state index contributed by atoms with van der Waals surface area (Å²) in [5.41, 5.74) is 0. The van der Waals surface area contributed by atoms with Crippen molar-refractivity contribution < 1.29 is 33.8 Å². The summed E-state index contributed by atoms with van der Waals surface area (Å²) in [6.07, 6.45) is 0. The minimum absolute atomic E-state index is 0.371. The first kappa shape index (κ1) is 18.7. The number of urea groups is 1. The number of ether oxygens (including phenoxy) is 2. The Balaban J connectivity index is 4.95.